The van der Waals surface area contributed by atoms with Crippen LogP contribution in [0.1, 0.15) is 56.9 Å². The van der Waals surface area contributed by atoms with Gasteiger partial charge in [0.15, 0.2) is 0 Å². The smallest absolute Gasteiger partial charge is 0.330 e. The Morgan fingerprint density at radius 1 is 0.939 bits per heavy atom. The number of benzene rings is 2. The van der Waals surface area contributed by atoms with Crippen molar-refractivity contribution in [1.29, 1.82) is 5.26 Å². The summed E-state index contributed by atoms with van der Waals surface area (Å²) < 4.78 is 10.7. The van der Waals surface area contributed by atoms with E-state index in [2.05, 4.69) is 11.7 Å². The van der Waals surface area contributed by atoms with Crippen LogP contribution in [0.15, 0.2) is 66.3 Å². The standard InChI is InChI=1S/C26H31N3O4/c1-2-26(30)33-20-10-8-6-4-3-5-7-9-19-32-25-17-13-23(14-18-25)28-29(31)24-15-11-22(21-27)12-16-24/h2,11-18H,1,3-10,19-20H2. The van der Waals surface area contributed by atoms with Crippen molar-refractivity contribution in [2.24, 2.45) is 5.11 Å². The molecular weight excluding hydrogens is 418 g/mol. The van der Waals surface area contributed by atoms with Crippen LogP contribution in [0.4, 0.5) is 11.4 Å². The lowest BCUT2D eigenvalue weighted by molar-refractivity contribution is -0.435. The van der Waals surface area contributed by atoms with Crippen molar-refractivity contribution < 1.29 is 19.1 Å². The molecule has 0 heterocycles. The maximum absolute atomic E-state index is 12.1. The first kappa shape index (κ1) is 25.6. The van der Waals surface area contributed by atoms with E-state index in [9.17, 15) is 10.0 Å². The highest BCUT2D eigenvalue weighted by Crippen LogP contribution is 2.21. The summed E-state index contributed by atoms with van der Waals surface area (Å²) in [5, 5.41) is 25.0. The maximum Gasteiger partial charge on any atom is 0.330 e. The van der Waals surface area contributed by atoms with Gasteiger partial charge in [0.25, 0.3) is 0 Å². The summed E-state index contributed by atoms with van der Waals surface area (Å²) >= 11 is 0. The third-order valence-corrected chi connectivity index (χ3v) is 4.98. The molecule has 2 aromatic carbocycles. The van der Waals surface area contributed by atoms with E-state index in [0.717, 1.165) is 37.9 Å². The summed E-state index contributed by atoms with van der Waals surface area (Å²) in [5.74, 6) is 0.402. The largest absolute Gasteiger partial charge is 0.594 e. The third kappa shape index (κ3) is 10.5. The second-order valence-electron chi connectivity index (χ2n) is 7.57. The van der Waals surface area contributed by atoms with Crippen molar-refractivity contribution in [3.63, 3.8) is 0 Å². The highest BCUT2D eigenvalue weighted by Gasteiger charge is 2.05. The molecule has 2 rings (SSSR count). The molecule has 0 radical (unpaired) electrons. The van der Waals surface area contributed by atoms with E-state index in [1.54, 1.807) is 48.5 Å². The molecule has 0 fully saturated rings. The zero-order valence-corrected chi connectivity index (χ0v) is 18.9. The fraction of sp³-hybridized carbons (Fsp3) is 0.385. The van der Waals surface area contributed by atoms with Gasteiger partial charge in [0.2, 0.25) is 5.69 Å². The van der Waals surface area contributed by atoms with Crippen molar-refractivity contribution >= 4 is 17.3 Å². The molecule has 0 bridgehead atoms. The molecule has 7 nitrogen and oxygen atoms in total. The second-order valence-corrected chi connectivity index (χ2v) is 7.57. The Hall–Kier alpha value is -3.66. The molecule has 0 aliphatic rings. The Labute approximate surface area is 195 Å². The van der Waals surface area contributed by atoms with Gasteiger partial charge in [0.1, 0.15) is 11.4 Å². The van der Waals surface area contributed by atoms with Gasteiger partial charge in [-0.25, -0.2) is 4.79 Å². The zero-order chi connectivity index (χ0) is 23.7. The Morgan fingerprint density at radius 2 is 1.52 bits per heavy atom. The fourth-order valence-electron chi connectivity index (χ4n) is 3.12. The number of hydrogen-bond donors (Lipinski definition) is 0. The van der Waals surface area contributed by atoms with E-state index in [4.69, 9.17) is 14.7 Å². The predicted octanol–water partition coefficient (Wildman–Crippen LogP) is 6.71. The number of rotatable bonds is 15. The summed E-state index contributed by atoms with van der Waals surface area (Å²) in [6.07, 6.45) is 10.0. The Balaban J connectivity index is 1.55. The molecule has 174 valence electrons. The maximum atomic E-state index is 12.1. The third-order valence-electron chi connectivity index (χ3n) is 4.98. The van der Waals surface area contributed by atoms with Crippen LogP contribution < -0.4 is 4.74 Å². The topological polar surface area (TPSA) is 97.8 Å². The minimum absolute atomic E-state index is 0.350. The lowest BCUT2D eigenvalue weighted by atomic mass is 10.1. The van der Waals surface area contributed by atoms with E-state index in [0.29, 0.717) is 35.0 Å². The summed E-state index contributed by atoms with van der Waals surface area (Å²) in [6, 6.07) is 15.4. The van der Waals surface area contributed by atoms with Crippen LogP contribution >= 0.6 is 0 Å². The Bertz CT molecular complexity index is 932. The highest BCUT2D eigenvalue weighted by atomic mass is 16.5. The van der Waals surface area contributed by atoms with Gasteiger partial charge in [-0.05, 0) is 49.2 Å². The second kappa shape index (κ2) is 15.2. The summed E-state index contributed by atoms with van der Waals surface area (Å²) in [5.41, 5.74) is 1.39. The van der Waals surface area contributed by atoms with E-state index >= 15 is 0 Å². The molecule has 0 atom stereocenters. The summed E-state index contributed by atoms with van der Waals surface area (Å²) in [7, 11) is 0. The average molecular weight is 450 g/mol. The quantitative estimate of drug-likeness (QED) is 0.0751. The van der Waals surface area contributed by atoms with E-state index in [1.165, 1.54) is 25.3 Å². The molecule has 0 unspecified atom stereocenters. The number of azo groups is 1. The molecule has 0 aliphatic heterocycles. The first-order chi connectivity index (χ1) is 16.1. The molecule has 0 saturated carbocycles. The van der Waals surface area contributed by atoms with Crippen molar-refractivity contribution in [2.75, 3.05) is 13.2 Å². The van der Waals surface area contributed by atoms with Gasteiger partial charge in [-0.3, -0.25) is 0 Å². The highest BCUT2D eigenvalue weighted by molar-refractivity contribution is 5.81. The van der Waals surface area contributed by atoms with Gasteiger partial charge in [0.05, 0.1) is 24.8 Å². The van der Waals surface area contributed by atoms with Crippen LogP contribution in [0.25, 0.3) is 0 Å². The number of esters is 1. The van der Waals surface area contributed by atoms with Crippen molar-refractivity contribution in [3.05, 3.63) is 72.0 Å². The number of carbonyl (C=O) groups is 1. The SMILES string of the molecule is C=CC(=O)OCCCCCCCCCCOc1ccc(N=[N+]([O-])c2ccc(C#N)cc2)cc1. The molecule has 0 aliphatic carbocycles. The number of hydrogen-bond acceptors (Lipinski definition) is 6. The normalized spacial score (nSPS) is 10.9. The van der Waals surface area contributed by atoms with Crippen LogP contribution in [0, 0.1) is 16.5 Å². The van der Waals surface area contributed by atoms with Crippen LogP contribution in [-0.2, 0) is 9.53 Å². The average Bonchev–Trinajstić information content (AvgIpc) is 2.85. The summed E-state index contributed by atoms with van der Waals surface area (Å²) in [4.78, 5) is 11.4. The van der Waals surface area contributed by atoms with Crippen LogP contribution in [0.5, 0.6) is 5.75 Å². The number of unbranched alkanes of at least 4 members (excludes halogenated alkanes) is 7. The monoisotopic (exact) mass is 449 g/mol. The first-order valence-electron chi connectivity index (χ1n) is 11.3. The minimum atomic E-state index is -0.350. The molecule has 2 aromatic rings. The van der Waals surface area contributed by atoms with Crippen LogP contribution in [0.3, 0.4) is 0 Å². The van der Waals surface area contributed by atoms with E-state index in [1.807, 2.05) is 6.07 Å². The van der Waals surface area contributed by atoms with Gasteiger partial charge < -0.3 is 14.7 Å². The van der Waals surface area contributed by atoms with Gasteiger partial charge in [0, 0.05) is 23.3 Å². The van der Waals surface area contributed by atoms with Gasteiger partial charge >= 0.3 is 5.97 Å². The lowest BCUT2D eigenvalue weighted by Gasteiger charge is -2.06. The van der Waals surface area contributed by atoms with Gasteiger partial charge in [-0.2, -0.15) is 5.26 Å². The number of nitrogens with zero attached hydrogens (tertiary/aromatic N) is 3. The predicted molar refractivity (Wildman–Crippen MR) is 127 cm³/mol. The Morgan fingerprint density at radius 3 is 2.09 bits per heavy atom. The zero-order valence-electron chi connectivity index (χ0n) is 18.9. The van der Waals surface area contributed by atoms with Crippen LogP contribution in [0.2, 0.25) is 0 Å². The lowest BCUT2D eigenvalue weighted by Crippen LogP contribution is -2.01. The minimum Gasteiger partial charge on any atom is -0.594 e. The molecule has 0 N–H and O–H groups in total. The molecule has 0 aromatic heterocycles. The van der Waals surface area contributed by atoms with Gasteiger partial charge in [-0.15, -0.1) is 0 Å². The molecule has 7 heteroatoms. The first-order valence-corrected chi connectivity index (χ1v) is 11.3. The van der Waals surface area contributed by atoms with Gasteiger partial charge in [-0.1, -0.05) is 50.0 Å². The van der Waals surface area contributed by atoms with Crippen molar-refractivity contribution in [2.45, 2.75) is 51.4 Å². The van der Waals surface area contributed by atoms with Crippen LogP contribution in [-0.4, -0.2) is 24.0 Å². The summed E-state index contributed by atoms with van der Waals surface area (Å²) in [6.45, 7) is 4.50. The molecular formula is C26H31N3O4. The van der Waals surface area contributed by atoms with E-state index in [-0.39, 0.29) is 5.97 Å². The Kier molecular flexibility index (Phi) is 11.8. The molecule has 0 spiro atoms. The molecule has 0 amide bonds. The number of carbonyl (C=O) groups excluding carboxylic acids is 1. The van der Waals surface area contributed by atoms with E-state index < -0.39 is 0 Å². The number of ether oxygens (including phenoxy) is 2. The van der Waals surface area contributed by atoms with Crippen molar-refractivity contribution in [1.82, 2.24) is 0 Å². The van der Waals surface area contributed by atoms with Crippen molar-refractivity contribution in [3.8, 4) is 11.8 Å². The fourth-order valence-corrected chi connectivity index (χ4v) is 3.12. The molecule has 0 saturated heterocycles. The molecule has 33 heavy (non-hydrogen) atoms. The number of nitriles is 1.